The number of carbonyl (C=O) groups is 3. The average molecular weight is 432 g/mol. The third kappa shape index (κ3) is 3.38. The SMILES string of the molecule is Cc1nn(C2CCCCC2)c2sc(C(=O)NCCN3C(=O)N(C)C(C)(C)C3=O)cc12. The van der Waals surface area contributed by atoms with Crippen LogP contribution >= 0.6 is 11.3 Å². The van der Waals surface area contributed by atoms with E-state index in [1.54, 1.807) is 20.9 Å². The first-order valence-corrected chi connectivity index (χ1v) is 11.4. The predicted molar refractivity (Wildman–Crippen MR) is 116 cm³/mol. The molecule has 2 fully saturated rings. The Labute approximate surface area is 180 Å². The van der Waals surface area contributed by atoms with E-state index in [1.165, 1.54) is 40.4 Å². The Morgan fingerprint density at radius 3 is 2.60 bits per heavy atom. The maximum absolute atomic E-state index is 12.7. The van der Waals surface area contributed by atoms with Crippen molar-refractivity contribution in [2.24, 2.45) is 0 Å². The smallest absolute Gasteiger partial charge is 0.327 e. The van der Waals surface area contributed by atoms with Crippen LogP contribution in [0, 0.1) is 6.92 Å². The highest BCUT2D eigenvalue weighted by Gasteiger charge is 2.48. The minimum Gasteiger partial charge on any atom is -0.350 e. The molecule has 1 saturated heterocycles. The standard InChI is InChI=1S/C21H29N5O3S/c1-13-15-12-16(30-18(15)26(23-13)14-8-6-5-7-9-14)17(27)22-10-11-25-19(28)21(2,3)24(4)20(25)29/h12,14H,5-11H2,1-4H3,(H,22,27). The second-order valence-corrected chi connectivity index (χ2v) is 9.80. The zero-order chi connectivity index (χ0) is 21.6. The van der Waals surface area contributed by atoms with Gasteiger partial charge in [-0.3, -0.25) is 19.2 Å². The zero-order valence-corrected chi connectivity index (χ0v) is 18.8. The van der Waals surface area contributed by atoms with Crippen molar-refractivity contribution in [2.45, 2.75) is 64.5 Å². The van der Waals surface area contributed by atoms with E-state index in [0.717, 1.165) is 28.8 Å². The Balaban J connectivity index is 1.43. The number of amides is 4. The van der Waals surface area contributed by atoms with Crippen LogP contribution in [0.15, 0.2) is 6.07 Å². The molecule has 0 radical (unpaired) electrons. The normalized spacial score (nSPS) is 19.9. The molecule has 0 aromatic carbocycles. The van der Waals surface area contributed by atoms with Gasteiger partial charge in [0.15, 0.2) is 0 Å². The van der Waals surface area contributed by atoms with Crippen LogP contribution < -0.4 is 5.32 Å². The summed E-state index contributed by atoms with van der Waals surface area (Å²) >= 11 is 1.46. The van der Waals surface area contributed by atoms with Crippen molar-refractivity contribution in [3.8, 4) is 0 Å². The van der Waals surface area contributed by atoms with Crippen molar-refractivity contribution in [3.05, 3.63) is 16.6 Å². The second-order valence-electron chi connectivity index (χ2n) is 8.76. The third-order valence-electron chi connectivity index (χ3n) is 6.46. The summed E-state index contributed by atoms with van der Waals surface area (Å²) in [5.41, 5.74) is 0.0964. The molecule has 1 aliphatic carbocycles. The highest BCUT2D eigenvalue weighted by Crippen LogP contribution is 2.35. The minimum absolute atomic E-state index is 0.164. The molecule has 0 spiro atoms. The maximum Gasteiger partial charge on any atom is 0.327 e. The molecule has 0 unspecified atom stereocenters. The average Bonchev–Trinajstić information content (AvgIpc) is 3.34. The summed E-state index contributed by atoms with van der Waals surface area (Å²) in [4.78, 5) is 41.8. The van der Waals surface area contributed by atoms with Crippen LogP contribution in [0.1, 0.15) is 67.4 Å². The topological polar surface area (TPSA) is 87.5 Å². The van der Waals surface area contributed by atoms with Gasteiger partial charge in [-0.05, 0) is 39.7 Å². The Kier molecular flexibility index (Phi) is 5.34. The molecule has 1 aliphatic heterocycles. The van der Waals surface area contributed by atoms with Crippen molar-refractivity contribution in [2.75, 3.05) is 20.1 Å². The fraction of sp³-hybridized carbons (Fsp3) is 0.619. The fourth-order valence-electron chi connectivity index (χ4n) is 4.30. The largest absolute Gasteiger partial charge is 0.350 e. The number of urea groups is 1. The number of hydrogen-bond donors (Lipinski definition) is 1. The molecular weight excluding hydrogens is 402 g/mol. The van der Waals surface area contributed by atoms with Gasteiger partial charge in [-0.2, -0.15) is 5.10 Å². The first kappa shape index (κ1) is 20.8. The summed E-state index contributed by atoms with van der Waals surface area (Å²) in [7, 11) is 1.62. The molecule has 0 atom stereocenters. The molecule has 0 bridgehead atoms. The summed E-state index contributed by atoms with van der Waals surface area (Å²) < 4.78 is 2.12. The molecule has 4 rings (SSSR count). The number of aryl methyl sites for hydroxylation is 1. The lowest BCUT2D eigenvalue weighted by atomic mass is 9.96. The molecule has 8 nitrogen and oxygen atoms in total. The Morgan fingerprint density at radius 1 is 1.27 bits per heavy atom. The van der Waals surface area contributed by atoms with Crippen molar-refractivity contribution in [3.63, 3.8) is 0 Å². The number of imide groups is 1. The van der Waals surface area contributed by atoms with Crippen molar-refractivity contribution in [1.29, 1.82) is 0 Å². The van der Waals surface area contributed by atoms with Crippen LogP contribution in [-0.2, 0) is 4.79 Å². The monoisotopic (exact) mass is 431 g/mol. The molecule has 2 aromatic heterocycles. The second kappa shape index (κ2) is 7.68. The molecule has 9 heteroatoms. The zero-order valence-electron chi connectivity index (χ0n) is 18.0. The predicted octanol–water partition coefficient (Wildman–Crippen LogP) is 3.31. The summed E-state index contributed by atoms with van der Waals surface area (Å²) in [5.74, 6) is -0.424. The minimum atomic E-state index is -0.852. The van der Waals surface area contributed by atoms with Gasteiger partial charge in [-0.15, -0.1) is 11.3 Å². The molecule has 30 heavy (non-hydrogen) atoms. The molecule has 2 aromatic rings. The Morgan fingerprint density at radius 2 is 1.97 bits per heavy atom. The highest BCUT2D eigenvalue weighted by atomic mass is 32.1. The summed E-state index contributed by atoms with van der Waals surface area (Å²) in [6.07, 6.45) is 6.01. The number of aromatic nitrogens is 2. The van der Waals surface area contributed by atoms with E-state index in [1.807, 2.05) is 13.0 Å². The van der Waals surface area contributed by atoms with Gasteiger partial charge in [-0.1, -0.05) is 19.3 Å². The van der Waals surface area contributed by atoms with E-state index in [9.17, 15) is 14.4 Å². The lowest BCUT2D eigenvalue weighted by Crippen LogP contribution is -2.42. The van der Waals surface area contributed by atoms with Gasteiger partial charge < -0.3 is 10.2 Å². The van der Waals surface area contributed by atoms with Gasteiger partial charge in [0.2, 0.25) is 0 Å². The summed E-state index contributed by atoms with van der Waals surface area (Å²) in [5, 5.41) is 8.62. The van der Waals surface area contributed by atoms with Crippen molar-refractivity contribution < 1.29 is 14.4 Å². The fourth-order valence-corrected chi connectivity index (χ4v) is 5.45. The first-order chi connectivity index (χ1) is 14.2. The van der Waals surface area contributed by atoms with E-state index < -0.39 is 5.54 Å². The number of nitrogens with one attached hydrogen (secondary N) is 1. The van der Waals surface area contributed by atoms with Crippen molar-refractivity contribution >= 4 is 39.4 Å². The lowest BCUT2D eigenvalue weighted by Gasteiger charge is -2.22. The van der Waals surface area contributed by atoms with Crippen LogP contribution in [-0.4, -0.2) is 63.1 Å². The van der Waals surface area contributed by atoms with Gasteiger partial charge in [0, 0.05) is 25.5 Å². The number of likely N-dealkylation sites (N-methyl/N-ethyl adjacent to an activating group) is 1. The van der Waals surface area contributed by atoms with Gasteiger partial charge in [0.25, 0.3) is 11.8 Å². The number of fused-ring (bicyclic) bond motifs is 1. The molecule has 1 saturated carbocycles. The van der Waals surface area contributed by atoms with E-state index >= 15 is 0 Å². The van der Waals surface area contributed by atoms with E-state index in [2.05, 4.69) is 10.00 Å². The number of carbonyl (C=O) groups excluding carboxylic acids is 3. The molecule has 162 valence electrons. The van der Waals surface area contributed by atoms with Crippen LogP contribution in [0.4, 0.5) is 4.79 Å². The quantitative estimate of drug-likeness (QED) is 0.736. The maximum atomic E-state index is 12.7. The van der Waals surface area contributed by atoms with E-state index in [0.29, 0.717) is 10.9 Å². The van der Waals surface area contributed by atoms with Gasteiger partial charge in [0.05, 0.1) is 16.6 Å². The van der Waals surface area contributed by atoms with Gasteiger partial charge >= 0.3 is 6.03 Å². The number of nitrogens with zero attached hydrogens (tertiary/aromatic N) is 4. The van der Waals surface area contributed by atoms with Crippen LogP contribution in [0.5, 0.6) is 0 Å². The van der Waals surface area contributed by atoms with Crippen LogP contribution in [0.2, 0.25) is 0 Å². The molecular formula is C21H29N5O3S. The molecule has 3 heterocycles. The Hall–Kier alpha value is -2.42. The lowest BCUT2D eigenvalue weighted by molar-refractivity contribution is -0.131. The summed E-state index contributed by atoms with van der Waals surface area (Å²) in [6.45, 7) is 5.82. The van der Waals surface area contributed by atoms with Crippen molar-refractivity contribution in [1.82, 2.24) is 24.9 Å². The number of thiophene rings is 1. The molecule has 1 N–H and O–H groups in total. The molecule has 4 amide bonds. The van der Waals surface area contributed by atoms with Gasteiger partial charge in [0.1, 0.15) is 10.4 Å². The Bertz CT molecular complexity index is 1000. The third-order valence-corrected chi connectivity index (χ3v) is 7.58. The van der Waals surface area contributed by atoms with E-state index in [4.69, 9.17) is 5.10 Å². The van der Waals surface area contributed by atoms with Crippen LogP contribution in [0.3, 0.4) is 0 Å². The number of rotatable bonds is 5. The number of hydrogen-bond acceptors (Lipinski definition) is 5. The van der Waals surface area contributed by atoms with E-state index in [-0.39, 0.29) is 30.9 Å². The summed E-state index contributed by atoms with van der Waals surface area (Å²) in [6, 6.07) is 1.99. The first-order valence-electron chi connectivity index (χ1n) is 10.6. The van der Waals surface area contributed by atoms with Gasteiger partial charge in [-0.25, -0.2) is 4.79 Å². The van der Waals surface area contributed by atoms with Crippen LogP contribution in [0.25, 0.3) is 10.2 Å². The molecule has 2 aliphatic rings. The highest BCUT2D eigenvalue weighted by molar-refractivity contribution is 7.20.